The minimum atomic E-state index is -0.0207. The van der Waals surface area contributed by atoms with Crippen LogP contribution in [0, 0.1) is 0 Å². The number of carbonyl (C=O) groups is 1. The van der Waals surface area contributed by atoms with Gasteiger partial charge in [-0.25, -0.2) is 0 Å². The van der Waals surface area contributed by atoms with Gasteiger partial charge in [0.05, 0.1) is 0 Å². The molecule has 1 amide bonds. The monoisotopic (exact) mass is 244 g/mol. The Morgan fingerprint density at radius 2 is 2.33 bits per heavy atom. The number of amides is 1. The van der Waals surface area contributed by atoms with Crippen LogP contribution < -0.4 is 10.6 Å². The van der Waals surface area contributed by atoms with Crippen molar-refractivity contribution in [3.8, 4) is 0 Å². The number of allylic oxidation sites excluding steroid dienone is 1. The van der Waals surface area contributed by atoms with Crippen LogP contribution in [0.15, 0.2) is 29.8 Å². The second-order valence-corrected chi connectivity index (χ2v) is 4.65. The highest BCUT2D eigenvalue weighted by Gasteiger charge is 2.10. The van der Waals surface area contributed by atoms with Crippen molar-refractivity contribution in [3.63, 3.8) is 0 Å². The van der Waals surface area contributed by atoms with E-state index in [1.165, 1.54) is 12.0 Å². The molecule has 0 saturated heterocycles. The molecule has 3 heteroatoms. The van der Waals surface area contributed by atoms with E-state index >= 15 is 0 Å². The molecular weight excluding hydrogens is 224 g/mol. The fourth-order valence-electron chi connectivity index (χ4n) is 2.17. The fourth-order valence-corrected chi connectivity index (χ4v) is 2.17. The minimum Gasteiger partial charge on any atom is -0.385 e. The van der Waals surface area contributed by atoms with Crippen LogP contribution in [0.2, 0.25) is 0 Å². The van der Waals surface area contributed by atoms with Crippen molar-refractivity contribution in [2.45, 2.75) is 33.1 Å². The summed E-state index contributed by atoms with van der Waals surface area (Å²) in [7, 11) is 0. The number of nitrogens with one attached hydrogen (secondary N) is 2. The van der Waals surface area contributed by atoms with Crippen molar-refractivity contribution in [1.29, 1.82) is 0 Å². The Morgan fingerprint density at radius 3 is 3.11 bits per heavy atom. The molecule has 3 nitrogen and oxygen atoms in total. The first-order chi connectivity index (χ1) is 8.70. The smallest absolute Gasteiger partial charge is 0.250 e. The number of aryl methyl sites for hydroxylation is 1. The lowest BCUT2D eigenvalue weighted by Crippen LogP contribution is -2.15. The average Bonchev–Trinajstić information content (AvgIpc) is 2.39. The van der Waals surface area contributed by atoms with Crippen LogP contribution in [0.4, 0.5) is 11.4 Å². The number of carbonyl (C=O) groups excluding carboxylic acids is 1. The lowest BCUT2D eigenvalue weighted by molar-refractivity contribution is -0.112. The number of rotatable bonds is 3. The molecule has 0 saturated carbocycles. The molecule has 1 aromatic carbocycles. The lowest BCUT2D eigenvalue weighted by atomic mass is 10.0. The van der Waals surface area contributed by atoms with Crippen LogP contribution in [0.5, 0.6) is 0 Å². The summed E-state index contributed by atoms with van der Waals surface area (Å²) >= 11 is 0. The number of hydrogen-bond donors (Lipinski definition) is 2. The molecule has 2 rings (SSSR count). The van der Waals surface area contributed by atoms with Crippen molar-refractivity contribution in [3.05, 3.63) is 35.4 Å². The molecule has 0 bridgehead atoms. The second kappa shape index (κ2) is 5.71. The molecule has 0 spiro atoms. The summed E-state index contributed by atoms with van der Waals surface area (Å²) < 4.78 is 0. The van der Waals surface area contributed by atoms with Gasteiger partial charge in [-0.2, -0.15) is 0 Å². The zero-order valence-electron chi connectivity index (χ0n) is 11.0. The standard InChI is InChI=1S/C15H20N2O/c1-3-5-11(2)15(18)17-13-8-7-12-6-4-9-16-14(12)10-13/h5,7-8,10,16H,3-4,6,9H2,1-2H3,(H,17,18). The molecule has 96 valence electrons. The van der Waals surface area contributed by atoms with Crippen molar-refractivity contribution < 1.29 is 4.79 Å². The van der Waals surface area contributed by atoms with E-state index in [-0.39, 0.29) is 5.91 Å². The first kappa shape index (κ1) is 12.7. The molecule has 2 N–H and O–H groups in total. The van der Waals surface area contributed by atoms with E-state index in [9.17, 15) is 4.79 Å². The van der Waals surface area contributed by atoms with Gasteiger partial charge in [-0.15, -0.1) is 0 Å². The number of hydrogen-bond acceptors (Lipinski definition) is 2. The van der Waals surface area contributed by atoms with Crippen LogP contribution in [0.25, 0.3) is 0 Å². The Kier molecular flexibility index (Phi) is 4.03. The highest BCUT2D eigenvalue weighted by molar-refractivity contribution is 6.03. The molecule has 1 aliphatic heterocycles. The maximum Gasteiger partial charge on any atom is 0.250 e. The summed E-state index contributed by atoms with van der Waals surface area (Å²) in [5.41, 5.74) is 4.11. The van der Waals surface area contributed by atoms with Crippen LogP contribution in [-0.4, -0.2) is 12.5 Å². The van der Waals surface area contributed by atoms with Crippen LogP contribution in [0.1, 0.15) is 32.3 Å². The normalized spacial score (nSPS) is 14.7. The number of anilines is 2. The van der Waals surface area contributed by atoms with E-state index < -0.39 is 0 Å². The summed E-state index contributed by atoms with van der Waals surface area (Å²) in [6, 6.07) is 6.09. The third-order valence-electron chi connectivity index (χ3n) is 3.17. The van der Waals surface area contributed by atoms with E-state index in [2.05, 4.69) is 16.7 Å². The zero-order chi connectivity index (χ0) is 13.0. The Labute approximate surface area is 108 Å². The first-order valence-corrected chi connectivity index (χ1v) is 6.55. The molecule has 0 atom stereocenters. The van der Waals surface area contributed by atoms with Crippen molar-refractivity contribution >= 4 is 17.3 Å². The Balaban J connectivity index is 2.10. The van der Waals surface area contributed by atoms with Gasteiger partial charge in [-0.05, 0) is 43.9 Å². The minimum absolute atomic E-state index is 0.0207. The van der Waals surface area contributed by atoms with E-state index in [0.29, 0.717) is 0 Å². The van der Waals surface area contributed by atoms with Crippen LogP contribution in [0.3, 0.4) is 0 Å². The number of fused-ring (bicyclic) bond motifs is 1. The molecule has 1 heterocycles. The van der Waals surface area contributed by atoms with Gasteiger partial charge in [0.25, 0.3) is 5.91 Å². The van der Waals surface area contributed by atoms with Crippen molar-refractivity contribution in [2.24, 2.45) is 0 Å². The van der Waals surface area contributed by atoms with Crippen LogP contribution in [-0.2, 0) is 11.2 Å². The molecule has 0 radical (unpaired) electrons. The van der Waals surface area contributed by atoms with Gasteiger partial charge < -0.3 is 10.6 Å². The highest BCUT2D eigenvalue weighted by atomic mass is 16.1. The maximum atomic E-state index is 11.9. The lowest BCUT2D eigenvalue weighted by Gasteiger charge is -2.18. The topological polar surface area (TPSA) is 41.1 Å². The summed E-state index contributed by atoms with van der Waals surface area (Å²) in [5, 5.41) is 6.29. The zero-order valence-corrected chi connectivity index (χ0v) is 11.0. The first-order valence-electron chi connectivity index (χ1n) is 6.55. The summed E-state index contributed by atoms with van der Waals surface area (Å²) in [6.45, 7) is 4.88. The molecule has 1 aliphatic rings. The molecule has 0 aliphatic carbocycles. The van der Waals surface area contributed by atoms with Crippen molar-refractivity contribution in [2.75, 3.05) is 17.2 Å². The van der Waals surface area contributed by atoms with Crippen molar-refractivity contribution in [1.82, 2.24) is 0 Å². The molecule has 0 aromatic heterocycles. The largest absolute Gasteiger partial charge is 0.385 e. The van der Waals surface area contributed by atoms with Gasteiger partial charge >= 0.3 is 0 Å². The van der Waals surface area contributed by atoms with Gasteiger partial charge in [0, 0.05) is 23.5 Å². The van der Waals surface area contributed by atoms with E-state index in [0.717, 1.165) is 36.3 Å². The molecule has 18 heavy (non-hydrogen) atoms. The summed E-state index contributed by atoms with van der Waals surface area (Å²) in [4.78, 5) is 11.9. The van der Waals surface area contributed by atoms with E-state index in [1.807, 2.05) is 32.1 Å². The average molecular weight is 244 g/mol. The fraction of sp³-hybridized carbons (Fsp3) is 0.400. The molecular formula is C15H20N2O. The highest BCUT2D eigenvalue weighted by Crippen LogP contribution is 2.25. The predicted molar refractivity (Wildman–Crippen MR) is 75.9 cm³/mol. The third-order valence-corrected chi connectivity index (χ3v) is 3.17. The quantitative estimate of drug-likeness (QED) is 0.801. The Bertz CT molecular complexity index is 477. The third kappa shape index (κ3) is 2.92. The van der Waals surface area contributed by atoms with Crippen LogP contribution >= 0.6 is 0 Å². The van der Waals surface area contributed by atoms with Gasteiger partial charge in [-0.3, -0.25) is 4.79 Å². The molecule has 1 aromatic rings. The number of benzene rings is 1. The maximum absolute atomic E-state index is 11.9. The summed E-state index contributed by atoms with van der Waals surface area (Å²) in [6.07, 6.45) is 5.11. The molecule has 0 unspecified atom stereocenters. The van der Waals surface area contributed by atoms with Gasteiger partial charge in [0.2, 0.25) is 0 Å². The SMILES string of the molecule is CCC=C(C)C(=O)Nc1ccc2c(c1)NCCC2. The molecule has 0 fully saturated rings. The second-order valence-electron chi connectivity index (χ2n) is 4.65. The summed E-state index contributed by atoms with van der Waals surface area (Å²) in [5.74, 6) is -0.0207. The Hall–Kier alpha value is -1.77. The van der Waals surface area contributed by atoms with Gasteiger partial charge in [0.1, 0.15) is 0 Å². The predicted octanol–water partition coefficient (Wildman–Crippen LogP) is 3.34. The Morgan fingerprint density at radius 1 is 1.50 bits per heavy atom. The van der Waals surface area contributed by atoms with E-state index in [4.69, 9.17) is 0 Å². The van der Waals surface area contributed by atoms with Gasteiger partial charge in [-0.1, -0.05) is 19.1 Å². The van der Waals surface area contributed by atoms with E-state index in [1.54, 1.807) is 0 Å². The van der Waals surface area contributed by atoms with Gasteiger partial charge in [0.15, 0.2) is 0 Å².